The summed E-state index contributed by atoms with van der Waals surface area (Å²) >= 11 is 0. The zero-order valence-corrected chi connectivity index (χ0v) is 20.0. The van der Waals surface area contributed by atoms with Crippen LogP contribution in [-0.2, 0) is 4.79 Å². The molecule has 6 heteroatoms. The molecule has 35 heavy (non-hydrogen) atoms. The first-order valence-corrected chi connectivity index (χ1v) is 12.0. The van der Waals surface area contributed by atoms with Gasteiger partial charge in [-0.3, -0.25) is 4.79 Å². The van der Waals surface area contributed by atoms with E-state index in [1.54, 1.807) is 16.8 Å². The van der Waals surface area contributed by atoms with Crippen molar-refractivity contribution in [2.24, 2.45) is 0 Å². The fourth-order valence-electron chi connectivity index (χ4n) is 4.35. The molecule has 1 aliphatic carbocycles. The van der Waals surface area contributed by atoms with E-state index in [4.69, 9.17) is 9.84 Å². The Labute approximate surface area is 206 Å². The molecule has 0 spiro atoms. The fourth-order valence-corrected chi connectivity index (χ4v) is 4.35. The van der Waals surface area contributed by atoms with E-state index in [0.29, 0.717) is 17.9 Å². The number of para-hydroxylation sites is 1. The molecule has 2 aromatic carbocycles. The average molecular weight is 467 g/mol. The highest BCUT2D eigenvalue weighted by molar-refractivity contribution is 6.02. The van der Waals surface area contributed by atoms with Crippen LogP contribution in [0.25, 0.3) is 23.0 Å². The molecule has 1 saturated carbocycles. The molecule has 1 heterocycles. The predicted octanol–water partition coefficient (Wildman–Crippen LogP) is 5.77. The van der Waals surface area contributed by atoms with Gasteiger partial charge in [0.05, 0.1) is 5.69 Å². The van der Waals surface area contributed by atoms with Crippen LogP contribution in [0.15, 0.2) is 73.0 Å². The van der Waals surface area contributed by atoms with Gasteiger partial charge in [0.25, 0.3) is 5.91 Å². The third-order valence-electron chi connectivity index (χ3n) is 6.17. The largest absolute Gasteiger partial charge is 0.489 e. The molecule has 178 valence electrons. The average Bonchev–Trinajstić information content (AvgIpc) is 3.31. The van der Waals surface area contributed by atoms with Gasteiger partial charge in [0.1, 0.15) is 29.7 Å². The Kier molecular flexibility index (Phi) is 7.79. The normalized spacial score (nSPS) is 14.2. The molecule has 0 aliphatic heterocycles. The minimum atomic E-state index is -0.331. The molecule has 0 saturated heterocycles. The number of hydrogen-bond acceptors (Lipinski definition) is 4. The number of benzene rings is 2. The third-order valence-corrected chi connectivity index (χ3v) is 6.17. The maximum absolute atomic E-state index is 12.9. The maximum atomic E-state index is 12.9. The Balaban J connectivity index is 1.71. The van der Waals surface area contributed by atoms with Crippen molar-refractivity contribution >= 4 is 12.0 Å². The van der Waals surface area contributed by atoms with Crippen LogP contribution in [0, 0.1) is 18.3 Å². The number of ether oxygens (including phenoxy) is 1. The molecular weight excluding hydrogens is 436 g/mol. The Morgan fingerprint density at radius 1 is 1.23 bits per heavy atom. The molecule has 0 unspecified atom stereocenters. The number of nitrogens with one attached hydrogen (secondary N) is 1. The summed E-state index contributed by atoms with van der Waals surface area (Å²) in [6.45, 7) is 6.10. The highest BCUT2D eigenvalue weighted by atomic mass is 16.5. The zero-order chi connectivity index (χ0) is 24.6. The molecule has 3 aromatic rings. The van der Waals surface area contributed by atoms with Crippen molar-refractivity contribution in [3.05, 3.63) is 84.1 Å². The van der Waals surface area contributed by atoms with Crippen LogP contribution in [0.3, 0.4) is 0 Å². The lowest BCUT2D eigenvalue weighted by Gasteiger charge is -2.22. The molecule has 6 nitrogen and oxygen atoms in total. The van der Waals surface area contributed by atoms with Crippen molar-refractivity contribution in [3.8, 4) is 28.8 Å². The van der Waals surface area contributed by atoms with Crippen LogP contribution in [0.2, 0.25) is 0 Å². The summed E-state index contributed by atoms with van der Waals surface area (Å²) in [5, 5.41) is 17.7. The van der Waals surface area contributed by atoms with E-state index in [0.717, 1.165) is 48.2 Å². The molecule has 0 bridgehead atoms. The number of hydrogen-bond donors (Lipinski definition) is 1. The summed E-state index contributed by atoms with van der Waals surface area (Å²) in [5.41, 5.74) is 4.19. The van der Waals surface area contributed by atoms with E-state index >= 15 is 0 Å². The highest BCUT2D eigenvalue weighted by Crippen LogP contribution is 2.30. The maximum Gasteiger partial charge on any atom is 0.262 e. The lowest BCUT2D eigenvalue weighted by molar-refractivity contribution is -0.117. The molecule has 1 N–H and O–H groups in total. The summed E-state index contributed by atoms with van der Waals surface area (Å²) in [6.07, 6.45) is 10.5. The van der Waals surface area contributed by atoms with E-state index in [9.17, 15) is 10.1 Å². The van der Waals surface area contributed by atoms with E-state index < -0.39 is 0 Å². The van der Waals surface area contributed by atoms with Crippen molar-refractivity contribution in [2.45, 2.75) is 45.1 Å². The number of aromatic nitrogens is 2. The van der Waals surface area contributed by atoms with Crippen LogP contribution < -0.4 is 10.1 Å². The topological polar surface area (TPSA) is 79.9 Å². The van der Waals surface area contributed by atoms with Gasteiger partial charge in [-0.15, -0.1) is 0 Å². The van der Waals surface area contributed by atoms with Crippen LogP contribution >= 0.6 is 0 Å². The van der Waals surface area contributed by atoms with Crippen LogP contribution in [-0.4, -0.2) is 28.3 Å². The van der Waals surface area contributed by atoms with Crippen LogP contribution in [0.5, 0.6) is 5.75 Å². The van der Waals surface area contributed by atoms with Crippen molar-refractivity contribution in [1.29, 1.82) is 5.26 Å². The standard InChI is InChI=1S/C29H30N4O2/c1-3-16-35-27-15-14-22(17-21(27)2)28-24(20-33(32-28)26-12-8-5-9-13-26)18-23(19-30)29(34)31-25-10-6-4-7-11-25/h3,5,8-9,12-15,17-18,20,25H,1,4,6-7,10-11,16H2,2H3,(H,31,34)/b23-18+. The fraction of sp³-hybridized carbons (Fsp3) is 0.276. The summed E-state index contributed by atoms with van der Waals surface area (Å²) in [4.78, 5) is 12.9. The second-order valence-electron chi connectivity index (χ2n) is 8.77. The number of aryl methyl sites for hydroxylation is 1. The van der Waals surface area contributed by atoms with Crippen molar-refractivity contribution in [1.82, 2.24) is 15.1 Å². The van der Waals surface area contributed by atoms with Crippen molar-refractivity contribution in [3.63, 3.8) is 0 Å². The van der Waals surface area contributed by atoms with Gasteiger partial charge in [0.2, 0.25) is 0 Å². The number of amides is 1. The SMILES string of the molecule is C=CCOc1ccc(-c2nn(-c3ccccc3)cc2/C=C(\C#N)C(=O)NC2CCCCC2)cc1C. The van der Waals surface area contributed by atoms with E-state index in [2.05, 4.69) is 18.0 Å². The smallest absolute Gasteiger partial charge is 0.262 e. The van der Waals surface area contributed by atoms with E-state index in [1.165, 1.54) is 6.42 Å². The number of carbonyl (C=O) groups excluding carboxylic acids is 1. The summed E-state index contributed by atoms with van der Waals surface area (Å²) in [6, 6.07) is 17.8. The molecule has 1 fully saturated rings. The minimum absolute atomic E-state index is 0.0760. The van der Waals surface area contributed by atoms with Gasteiger partial charge in [0, 0.05) is 23.4 Å². The first kappa shape index (κ1) is 24.0. The monoisotopic (exact) mass is 466 g/mol. The van der Waals surface area contributed by atoms with Crippen LogP contribution in [0.1, 0.15) is 43.2 Å². The van der Waals surface area contributed by atoms with Gasteiger partial charge in [-0.25, -0.2) is 4.68 Å². The lowest BCUT2D eigenvalue weighted by Crippen LogP contribution is -2.36. The first-order chi connectivity index (χ1) is 17.1. The molecular formula is C29H30N4O2. The molecule has 1 aromatic heterocycles. The third kappa shape index (κ3) is 5.88. The second kappa shape index (κ2) is 11.3. The number of nitriles is 1. The Morgan fingerprint density at radius 3 is 2.69 bits per heavy atom. The predicted molar refractivity (Wildman–Crippen MR) is 138 cm³/mol. The van der Waals surface area contributed by atoms with E-state index in [-0.39, 0.29) is 17.5 Å². The highest BCUT2D eigenvalue weighted by Gasteiger charge is 2.20. The van der Waals surface area contributed by atoms with Gasteiger partial charge in [-0.1, -0.05) is 50.1 Å². The quantitative estimate of drug-likeness (QED) is 0.260. The summed E-state index contributed by atoms with van der Waals surface area (Å²) in [5.74, 6) is 0.444. The molecule has 1 aliphatic rings. The zero-order valence-electron chi connectivity index (χ0n) is 20.0. The Hall–Kier alpha value is -4.11. The molecule has 1 amide bonds. The number of nitrogens with zero attached hydrogens (tertiary/aromatic N) is 3. The number of carbonyl (C=O) groups is 1. The first-order valence-electron chi connectivity index (χ1n) is 12.0. The van der Waals surface area contributed by atoms with E-state index in [1.807, 2.05) is 61.7 Å². The number of rotatable bonds is 8. The summed E-state index contributed by atoms with van der Waals surface area (Å²) < 4.78 is 7.49. The minimum Gasteiger partial charge on any atom is -0.489 e. The molecule has 0 radical (unpaired) electrons. The van der Waals surface area contributed by atoms with Crippen molar-refractivity contribution < 1.29 is 9.53 Å². The Morgan fingerprint density at radius 2 is 2.00 bits per heavy atom. The van der Waals surface area contributed by atoms with Crippen LogP contribution in [0.4, 0.5) is 0 Å². The molecule has 0 atom stereocenters. The van der Waals surface area contributed by atoms with Gasteiger partial charge in [-0.05, 0) is 61.7 Å². The molecule has 4 rings (SSSR count). The van der Waals surface area contributed by atoms with Gasteiger partial charge >= 0.3 is 0 Å². The second-order valence-corrected chi connectivity index (χ2v) is 8.77. The van der Waals surface area contributed by atoms with Gasteiger partial charge in [-0.2, -0.15) is 10.4 Å². The lowest BCUT2D eigenvalue weighted by atomic mass is 9.95. The van der Waals surface area contributed by atoms with Gasteiger partial charge in [0.15, 0.2) is 0 Å². The summed E-state index contributed by atoms with van der Waals surface area (Å²) in [7, 11) is 0. The Bertz CT molecular complexity index is 1260. The van der Waals surface area contributed by atoms with Gasteiger partial charge < -0.3 is 10.1 Å². The van der Waals surface area contributed by atoms with Crippen molar-refractivity contribution in [2.75, 3.05) is 6.61 Å².